The molecule has 0 atom stereocenters. The van der Waals surface area contributed by atoms with Gasteiger partial charge in [-0.2, -0.15) is 0 Å². The fraction of sp³-hybridized carbons (Fsp3) is 0.0667. The van der Waals surface area contributed by atoms with Crippen LogP contribution in [0.15, 0.2) is 110 Å². The summed E-state index contributed by atoms with van der Waals surface area (Å²) >= 11 is 0. The summed E-state index contributed by atoms with van der Waals surface area (Å²) in [6, 6.07) is 25.1. The van der Waals surface area contributed by atoms with Crippen LogP contribution in [-0.4, -0.2) is 11.9 Å². The molecule has 0 aliphatic rings. The maximum absolute atomic E-state index is 12.7. The molecule has 4 heteroatoms. The van der Waals surface area contributed by atoms with E-state index in [0.29, 0.717) is 22.6 Å². The lowest BCUT2D eigenvalue weighted by atomic mass is 10.0. The van der Waals surface area contributed by atoms with Crippen LogP contribution in [0.4, 0.5) is 0 Å². The third-order valence-electron chi connectivity index (χ3n) is 5.34. The van der Waals surface area contributed by atoms with Crippen molar-refractivity contribution < 1.29 is 19.1 Å². The van der Waals surface area contributed by atoms with Crippen LogP contribution in [-0.2, 0) is 12.8 Å². The van der Waals surface area contributed by atoms with Crippen molar-refractivity contribution in [1.29, 1.82) is 0 Å². The minimum atomic E-state index is -0.467. The van der Waals surface area contributed by atoms with Crippen molar-refractivity contribution in [1.82, 2.24) is 0 Å². The normalized spacial score (nSPS) is 10.5. The molecular formula is C30H24O4. The zero-order valence-electron chi connectivity index (χ0n) is 18.7. The summed E-state index contributed by atoms with van der Waals surface area (Å²) in [5, 5.41) is 1.64. The van der Waals surface area contributed by atoms with E-state index in [2.05, 4.69) is 13.2 Å². The van der Waals surface area contributed by atoms with E-state index in [1.807, 2.05) is 48.6 Å². The summed E-state index contributed by atoms with van der Waals surface area (Å²) in [6.07, 6.45) is 5.15. The zero-order chi connectivity index (χ0) is 23.9. The Kier molecular flexibility index (Phi) is 6.99. The van der Waals surface area contributed by atoms with E-state index >= 15 is 0 Å². The van der Waals surface area contributed by atoms with E-state index in [9.17, 15) is 9.59 Å². The van der Waals surface area contributed by atoms with Gasteiger partial charge in [0.15, 0.2) is 0 Å². The molecule has 0 radical (unpaired) electrons. The van der Waals surface area contributed by atoms with E-state index in [1.165, 1.54) is 0 Å². The Morgan fingerprint density at radius 2 is 1.00 bits per heavy atom. The van der Waals surface area contributed by atoms with Crippen LogP contribution >= 0.6 is 0 Å². The highest BCUT2D eigenvalue weighted by Crippen LogP contribution is 2.22. The van der Waals surface area contributed by atoms with E-state index < -0.39 is 11.9 Å². The topological polar surface area (TPSA) is 52.6 Å². The van der Waals surface area contributed by atoms with Crippen LogP contribution in [0.25, 0.3) is 10.8 Å². The van der Waals surface area contributed by atoms with Crippen molar-refractivity contribution in [3.05, 3.63) is 132 Å². The Bertz CT molecular complexity index is 1250. The Labute approximate surface area is 198 Å². The second-order valence-electron chi connectivity index (χ2n) is 7.83. The molecule has 0 bridgehead atoms. The van der Waals surface area contributed by atoms with Gasteiger partial charge in [0.2, 0.25) is 0 Å². The summed E-state index contributed by atoms with van der Waals surface area (Å²) in [7, 11) is 0. The SMILES string of the molecule is C=CCc1ccc(OC(=O)c2ccc3ccc(C(=O)Oc4ccc(CC=C)cc4)cc3c2)cc1. The Hall–Kier alpha value is -4.44. The summed E-state index contributed by atoms with van der Waals surface area (Å²) in [5.74, 6) is 0.000575. The quantitative estimate of drug-likeness (QED) is 0.170. The number of esters is 2. The number of hydrogen-bond donors (Lipinski definition) is 0. The molecule has 0 amide bonds. The van der Waals surface area contributed by atoms with Crippen molar-refractivity contribution in [2.45, 2.75) is 12.8 Å². The number of benzene rings is 4. The van der Waals surface area contributed by atoms with Gasteiger partial charge in [0.25, 0.3) is 0 Å². The zero-order valence-corrected chi connectivity index (χ0v) is 18.7. The number of fused-ring (bicyclic) bond motifs is 1. The molecule has 4 aromatic carbocycles. The number of ether oxygens (including phenoxy) is 2. The fourth-order valence-corrected chi connectivity index (χ4v) is 3.55. The minimum Gasteiger partial charge on any atom is -0.423 e. The standard InChI is InChI=1S/C30H24O4/c1-3-5-21-7-15-27(16-8-21)33-29(31)24-13-11-23-12-14-25(20-26(23)19-24)30(32)34-28-17-9-22(6-4-2)10-18-28/h3-4,7-20H,1-2,5-6H2. The summed E-state index contributed by atoms with van der Waals surface area (Å²) in [4.78, 5) is 25.3. The van der Waals surface area contributed by atoms with E-state index in [4.69, 9.17) is 9.47 Å². The molecule has 0 aliphatic carbocycles. The number of allylic oxidation sites excluding steroid dienone is 2. The first-order valence-electron chi connectivity index (χ1n) is 10.9. The Morgan fingerprint density at radius 1 is 0.588 bits per heavy atom. The monoisotopic (exact) mass is 448 g/mol. The molecule has 0 saturated heterocycles. The Balaban J connectivity index is 1.49. The smallest absolute Gasteiger partial charge is 0.343 e. The molecule has 4 aromatic rings. The first-order chi connectivity index (χ1) is 16.6. The van der Waals surface area contributed by atoms with E-state index in [1.54, 1.807) is 48.5 Å². The number of rotatable bonds is 8. The van der Waals surface area contributed by atoms with Crippen LogP contribution in [0.2, 0.25) is 0 Å². The van der Waals surface area contributed by atoms with Gasteiger partial charge < -0.3 is 9.47 Å². The first-order valence-corrected chi connectivity index (χ1v) is 10.9. The molecule has 0 N–H and O–H groups in total. The average Bonchev–Trinajstić information content (AvgIpc) is 2.86. The largest absolute Gasteiger partial charge is 0.423 e. The predicted molar refractivity (Wildman–Crippen MR) is 135 cm³/mol. The van der Waals surface area contributed by atoms with Gasteiger partial charge in [-0.05, 0) is 83.3 Å². The molecule has 0 aromatic heterocycles. The highest BCUT2D eigenvalue weighted by molar-refractivity contribution is 6.00. The maximum Gasteiger partial charge on any atom is 0.343 e. The summed E-state index contributed by atoms with van der Waals surface area (Å²) < 4.78 is 11.0. The van der Waals surface area contributed by atoms with Crippen LogP contribution in [0.5, 0.6) is 11.5 Å². The van der Waals surface area contributed by atoms with Gasteiger partial charge in [-0.25, -0.2) is 9.59 Å². The lowest BCUT2D eigenvalue weighted by Crippen LogP contribution is -2.09. The van der Waals surface area contributed by atoms with Gasteiger partial charge in [0.1, 0.15) is 11.5 Å². The van der Waals surface area contributed by atoms with Crippen LogP contribution in [0, 0.1) is 0 Å². The molecule has 4 nitrogen and oxygen atoms in total. The molecule has 0 heterocycles. The van der Waals surface area contributed by atoms with Crippen molar-refractivity contribution in [2.24, 2.45) is 0 Å². The highest BCUT2D eigenvalue weighted by atomic mass is 16.5. The second kappa shape index (κ2) is 10.5. The lowest BCUT2D eigenvalue weighted by Gasteiger charge is -2.08. The van der Waals surface area contributed by atoms with Crippen molar-refractivity contribution >= 4 is 22.7 Å². The van der Waals surface area contributed by atoms with Crippen LogP contribution in [0.3, 0.4) is 0 Å². The van der Waals surface area contributed by atoms with Crippen molar-refractivity contribution in [2.75, 3.05) is 0 Å². The third kappa shape index (κ3) is 5.48. The molecule has 0 fully saturated rings. The van der Waals surface area contributed by atoms with Crippen LogP contribution < -0.4 is 9.47 Å². The highest BCUT2D eigenvalue weighted by Gasteiger charge is 2.13. The van der Waals surface area contributed by atoms with Gasteiger partial charge in [-0.15, -0.1) is 13.2 Å². The summed E-state index contributed by atoms with van der Waals surface area (Å²) in [5.41, 5.74) is 2.97. The summed E-state index contributed by atoms with van der Waals surface area (Å²) in [6.45, 7) is 7.44. The van der Waals surface area contributed by atoms with Gasteiger partial charge in [-0.3, -0.25) is 0 Å². The fourth-order valence-electron chi connectivity index (χ4n) is 3.55. The number of carbonyl (C=O) groups excluding carboxylic acids is 2. The molecule has 0 aliphatic heterocycles. The predicted octanol–water partition coefficient (Wildman–Crippen LogP) is 6.74. The molecular weight excluding hydrogens is 424 g/mol. The first kappa shape index (κ1) is 22.7. The lowest BCUT2D eigenvalue weighted by molar-refractivity contribution is 0.0726. The second-order valence-corrected chi connectivity index (χ2v) is 7.83. The third-order valence-corrected chi connectivity index (χ3v) is 5.34. The number of carbonyl (C=O) groups is 2. The molecule has 34 heavy (non-hydrogen) atoms. The minimum absolute atomic E-state index is 0.394. The van der Waals surface area contributed by atoms with Crippen LogP contribution in [0.1, 0.15) is 31.8 Å². The van der Waals surface area contributed by atoms with E-state index in [-0.39, 0.29) is 0 Å². The van der Waals surface area contributed by atoms with Gasteiger partial charge >= 0.3 is 11.9 Å². The molecule has 0 unspecified atom stereocenters. The average molecular weight is 449 g/mol. The number of hydrogen-bond acceptors (Lipinski definition) is 4. The Morgan fingerprint density at radius 3 is 1.38 bits per heavy atom. The molecule has 4 rings (SSSR count). The van der Waals surface area contributed by atoms with Crippen molar-refractivity contribution in [3.8, 4) is 11.5 Å². The van der Waals surface area contributed by atoms with Crippen molar-refractivity contribution in [3.63, 3.8) is 0 Å². The molecule has 0 saturated carbocycles. The van der Waals surface area contributed by atoms with Gasteiger partial charge in [0, 0.05) is 0 Å². The maximum atomic E-state index is 12.7. The van der Waals surface area contributed by atoms with Gasteiger partial charge in [0.05, 0.1) is 11.1 Å². The van der Waals surface area contributed by atoms with E-state index in [0.717, 1.165) is 34.7 Å². The van der Waals surface area contributed by atoms with Gasteiger partial charge in [-0.1, -0.05) is 48.6 Å². The molecule has 168 valence electrons. The molecule has 0 spiro atoms.